The third-order valence-electron chi connectivity index (χ3n) is 3.45. The van der Waals surface area contributed by atoms with Crippen LogP contribution in [-0.2, 0) is 19.7 Å². The Labute approximate surface area is 208 Å². The van der Waals surface area contributed by atoms with E-state index in [9.17, 15) is 0 Å². The van der Waals surface area contributed by atoms with Crippen molar-refractivity contribution in [1.82, 2.24) is 0 Å². The standard InChI is InChI=1S/C19H33I3O3Si2/c1-17(2,3)23-18(19(20,21)22,15-14-16-12-10-9-11-13-16)24-27(7,8)25-26(4,5)6/h9-13H,14-15H2,1-8H3. The van der Waals surface area contributed by atoms with Gasteiger partial charge >= 0.3 is 8.56 Å². The molecule has 0 aliphatic rings. The Morgan fingerprint density at radius 2 is 1.41 bits per heavy atom. The van der Waals surface area contributed by atoms with Gasteiger partial charge < -0.3 is 13.3 Å². The predicted octanol–water partition coefficient (Wildman–Crippen LogP) is 7.66. The summed E-state index contributed by atoms with van der Waals surface area (Å²) in [5.74, 6) is -0.752. The molecule has 1 unspecified atom stereocenters. The van der Waals surface area contributed by atoms with Gasteiger partial charge in [0.05, 0.1) is 5.60 Å². The first-order valence-corrected chi connectivity index (χ1v) is 18.6. The van der Waals surface area contributed by atoms with E-state index in [0.29, 0.717) is 0 Å². The summed E-state index contributed by atoms with van der Waals surface area (Å²) in [7, 11) is -4.12. The fraction of sp³-hybridized carbons (Fsp3) is 0.684. The third-order valence-corrected chi connectivity index (χ3v) is 11.2. The number of rotatable bonds is 9. The topological polar surface area (TPSA) is 27.7 Å². The summed E-state index contributed by atoms with van der Waals surface area (Å²) in [4.78, 5) is 0. The van der Waals surface area contributed by atoms with Crippen LogP contribution < -0.4 is 0 Å². The number of aryl methyl sites for hydroxylation is 1. The van der Waals surface area contributed by atoms with Crippen LogP contribution in [0.1, 0.15) is 32.8 Å². The zero-order valence-corrected chi connectivity index (χ0v) is 26.1. The fourth-order valence-electron chi connectivity index (χ4n) is 2.98. The summed E-state index contributed by atoms with van der Waals surface area (Å²) in [6.45, 7) is 17.2. The molecule has 8 heteroatoms. The molecule has 27 heavy (non-hydrogen) atoms. The highest BCUT2D eigenvalue weighted by atomic mass is 127. The van der Waals surface area contributed by atoms with E-state index in [1.165, 1.54) is 5.56 Å². The number of hydrogen-bond acceptors (Lipinski definition) is 3. The quantitative estimate of drug-likeness (QED) is 0.113. The number of alkyl halides is 3. The van der Waals surface area contributed by atoms with Crippen LogP contribution in [-0.4, -0.2) is 27.7 Å². The minimum Gasteiger partial charge on any atom is -0.436 e. The van der Waals surface area contributed by atoms with Gasteiger partial charge in [0.25, 0.3) is 0 Å². The van der Waals surface area contributed by atoms with Crippen molar-refractivity contribution in [1.29, 1.82) is 0 Å². The van der Waals surface area contributed by atoms with Gasteiger partial charge in [0.2, 0.25) is 0 Å². The lowest BCUT2D eigenvalue weighted by Gasteiger charge is -2.48. The number of hydrogen-bond donors (Lipinski definition) is 0. The van der Waals surface area contributed by atoms with E-state index in [1.54, 1.807) is 0 Å². The van der Waals surface area contributed by atoms with Crippen LogP contribution in [0.15, 0.2) is 30.3 Å². The molecule has 1 aromatic carbocycles. The van der Waals surface area contributed by atoms with Gasteiger partial charge in [-0.1, -0.05) is 30.3 Å². The summed E-state index contributed by atoms with van der Waals surface area (Å²) < 4.78 is 19.8. The van der Waals surface area contributed by atoms with Crippen LogP contribution in [0.3, 0.4) is 0 Å². The number of benzene rings is 1. The Morgan fingerprint density at radius 1 is 0.889 bits per heavy atom. The molecule has 0 saturated heterocycles. The number of ether oxygens (including phenoxy) is 1. The molecular formula is C19H33I3O3Si2. The Hall–Kier alpha value is 1.72. The monoisotopic (exact) mass is 746 g/mol. The average Bonchev–Trinajstić information content (AvgIpc) is 2.40. The highest BCUT2D eigenvalue weighted by molar-refractivity contribution is 14.3. The maximum Gasteiger partial charge on any atom is 0.323 e. The van der Waals surface area contributed by atoms with Crippen LogP contribution in [0.25, 0.3) is 0 Å². The molecule has 156 valence electrons. The van der Waals surface area contributed by atoms with Crippen molar-refractivity contribution in [2.24, 2.45) is 0 Å². The van der Waals surface area contributed by atoms with E-state index in [1.807, 2.05) is 0 Å². The lowest BCUT2D eigenvalue weighted by atomic mass is 10.0. The lowest BCUT2D eigenvalue weighted by Crippen LogP contribution is -2.59. The van der Waals surface area contributed by atoms with Gasteiger partial charge in [0.1, 0.15) is 0 Å². The van der Waals surface area contributed by atoms with Gasteiger partial charge in [-0.05, 0) is 133 Å². The van der Waals surface area contributed by atoms with Gasteiger partial charge in [-0.15, -0.1) is 0 Å². The molecule has 3 nitrogen and oxygen atoms in total. The first-order valence-electron chi connectivity index (χ1n) is 9.16. The van der Waals surface area contributed by atoms with Crippen LogP contribution in [0, 0.1) is 0 Å². The van der Waals surface area contributed by atoms with E-state index >= 15 is 0 Å². The van der Waals surface area contributed by atoms with Gasteiger partial charge in [-0.2, -0.15) is 0 Å². The van der Waals surface area contributed by atoms with Crippen molar-refractivity contribution in [2.45, 2.75) is 77.2 Å². The van der Waals surface area contributed by atoms with Crippen LogP contribution >= 0.6 is 67.8 Å². The molecule has 0 saturated carbocycles. The molecule has 0 heterocycles. The van der Waals surface area contributed by atoms with E-state index in [4.69, 9.17) is 13.3 Å². The molecular weight excluding hydrogens is 713 g/mol. The van der Waals surface area contributed by atoms with Gasteiger partial charge in [-0.3, -0.25) is 0 Å². The summed E-state index contributed by atoms with van der Waals surface area (Å²) >= 11 is 7.36. The molecule has 0 radical (unpaired) electrons. The molecule has 0 fully saturated rings. The second kappa shape index (κ2) is 9.90. The minimum atomic E-state index is -2.40. The second-order valence-electron chi connectivity index (χ2n) is 9.17. The lowest BCUT2D eigenvalue weighted by molar-refractivity contribution is -0.236. The number of halogens is 3. The molecule has 1 atom stereocenters. The van der Waals surface area contributed by atoms with Gasteiger partial charge in [-0.25, -0.2) is 0 Å². The highest BCUT2D eigenvalue weighted by Crippen LogP contribution is 2.53. The Morgan fingerprint density at radius 3 is 1.81 bits per heavy atom. The highest BCUT2D eigenvalue weighted by Gasteiger charge is 2.55. The SMILES string of the molecule is CC(C)(C)OC(CCc1ccccc1)(O[Si](C)(C)O[Si](C)(C)C)C(I)(I)I. The van der Waals surface area contributed by atoms with Gasteiger partial charge in [0.15, 0.2) is 13.5 Å². The first-order chi connectivity index (χ1) is 11.9. The Balaban J connectivity index is 3.25. The molecule has 0 bridgehead atoms. The molecule has 1 aromatic rings. The van der Waals surface area contributed by atoms with Crippen molar-refractivity contribution in [3.05, 3.63) is 35.9 Å². The van der Waals surface area contributed by atoms with Crippen molar-refractivity contribution < 1.29 is 13.3 Å². The van der Waals surface area contributed by atoms with E-state index in [0.717, 1.165) is 12.8 Å². The maximum absolute atomic E-state index is 6.87. The third kappa shape index (κ3) is 10.1. The first kappa shape index (κ1) is 26.8. The summed E-state index contributed by atoms with van der Waals surface area (Å²) in [5.41, 5.74) is 0.967. The maximum atomic E-state index is 6.87. The second-order valence-corrected chi connectivity index (χ2v) is 28.3. The van der Waals surface area contributed by atoms with E-state index in [2.05, 4.69) is 152 Å². The van der Waals surface area contributed by atoms with Crippen LogP contribution in [0.4, 0.5) is 0 Å². The fourth-order valence-corrected chi connectivity index (χ4v) is 12.2. The van der Waals surface area contributed by atoms with Crippen molar-refractivity contribution in [3.63, 3.8) is 0 Å². The normalized spacial score (nSPS) is 16.3. The Bertz CT molecular complexity index is 593. The summed E-state index contributed by atoms with van der Waals surface area (Å²) in [6, 6.07) is 10.5. The Kier molecular flexibility index (Phi) is 9.81. The van der Waals surface area contributed by atoms with Crippen molar-refractivity contribution >= 4 is 84.7 Å². The molecule has 0 aliphatic heterocycles. The minimum absolute atomic E-state index is 0.282. The van der Waals surface area contributed by atoms with Crippen molar-refractivity contribution in [2.75, 3.05) is 0 Å². The smallest absolute Gasteiger partial charge is 0.323 e. The van der Waals surface area contributed by atoms with Gasteiger partial charge in [0, 0.05) is 6.42 Å². The molecule has 0 spiro atoms. The molecule has 0 N–H and O–H groups in total. The average molecular weight is 746 g/mol. The zero-order chi connectivity index (χ0) is 21.1. The largest absolute Gasteiger partial charge is 0.436 e. The molecule has 1 rings (SSSR count). The predicted molar refractivity (Wildman–Crippen MR) is 146 cm³/mol. The van der Waals surface area contributed by atoms with Crippen LogP contribution in [0.2, 0.25) is 32.7 Å². The summed E-state index contributed by atoms with van der Waals surface area (Å²) in [6.07, 6.45) is 1.67. The van der Waals surface area contributed by atoms with Crippen LogP contribution in [0.5, 0.6) is 0 Å². The van der Waals surface area contributed by atoms with E-state index < -0.39 is 22.7 Å². The molecule has 0 amide bonds. The van der Waals surface area contributed by atoms with E-state index in [-0.39, 0.29) is 5.04 Å². The zero-order valence-electron chi connectivity index (χ0n) is 17.7. The van der Waals surface area contributed by atoms with Crippen molar-refractivity contribution in [3.8, 4) is 0 Å². The molecule has 0 aliphatic carbocycles. The molecule has 0 aromatic heterocycles. The summed E-state index contributed by atoms with van der Waals surface area (Å²) in [5, 5.41) is 0.